The van der Waals surface area contributed by atoms with Gasteiger partial charge in [0.2, 0.25) is 5.91 Å². The average Bonchev–Trinajstić information content (AvgIpc) is 2.76. The number of rotatable bonds is 9. The number of nitrogens with zero attached hydrogens (tertiary/aromatic N) is 2. The van der Waals surface area contributed by atoms with Crippen molar-refractivity contribution < 1.29 is 9.59 Å². The SMILES string of the molecule is CCN(CC)CCCN/C=C1/C(=O)N(CC2CCCCC2)C(=O)C2CCCCC12. The van der Waals surface area contributed by atoms with Gasteiger partial charge in [-0.3, -0.25) is 14.5 Å². The summed E-state index contributed by atoms with van der Waals surface area (Å²) in [5.74, 6) is 0.749. The molecular weight excluding hydrogens is 362 g/mol. The van der Waals surface area contributed by atoms with Crippen LogP contribution in [-0.4, -0.2) is 54.3 Å². The van der Waals surface area contributed by atoms with E-state index in [0.717, 1.165) is 76.7 Å². The molecule has 5 heteroatoms. The molecule has 3 fully saturated rings. The lowest BCUT2D eigenvalue weighted by Crippen LogP contribution is -2.53. The highest BCUT2D eigenvalue weighted by Gasteiger charge is 2.45. The Kier molecular flexibility index (Phi) is 8.58. The second-order valence-corrected chi connectivity index (χ2v) is 9.19. The van der Waals surface area contributed by atoms with Crippen LogP contribution in [-0.2, 0) is 9.59 Å². The predicted octanol–water partition coefficient (Wildman–Crippen LogP) is 3.95. The summed E-state index contributed by atoms with van der Waals surface area (Å²) in [4.78, 5) is 30.5. The minimum atomic E-state index is -0.0139. The van der Waals surface area contributed by atoms with E-state index < -0.39 is 0 Å². The number of carbonyl (C=O) groups is 2. The molecule has 1 heterocycles. The highest BCUT2D eigenvalue weighted by Crippen LogP contribution is 2.41. The van der Waals surface area contributed by atoms with Crippen molar-refractivity contribution in [3.8, 4) is 0 Å². The lowest BCUT2D eigenvalue weighted by atomic mass is 9.71. The Bertz CT molecular complexity index is 579. The molecule has 29 heavy (non-hydrogen) atoms. The van der Waals surface area contributed by atoms with Crippen molar-refractivity contribution in [3.05, 3.63) is 11.8 Å². The van der Waals surface area contributed by atoms with Gasteiger partial charge in [-0.25, -0.2) is 0 Å². The van der Waals surface area contributed by atoms with E-state index >= 15 is 0 Å². The number of piperidine rings is 1. The number of nitrogens with one attached hydrogen (secondary N) is 1. The molecule has 0 spiro atoms. The number of hydrogen-bond acceptors (Lipinski definition) is 4. The molecule has 0 radical (unpaired) electrons. The number of hydrogen-bond donors (Lipinski definition) is 1. The Morgan fingerprint density at radius 1 is 0.966 bits per heavy atom. The van der Waals surface area contributed by atoms with Crippen molar-refractivity contribution in [3.63, 3.8) is 0 Å². The molecule has 5 nitrogen and oxygen atoms in total. The molecule has 2 unspecified atom stereocenters. The summed E-state index contributed by atoms with van der Waals surface area (Å²) < 4.78 is 0. The molecule has 3 rings (SSSR count). The zero-order chi connectivity index (χ0) is 20.6. The van der Waals surface area contributed by atoms with E-state index in [-0.39, 0.29) is 23.7 Å². The first-order valence-electron chi connectivity index (χ1n) is 12.2. The fraction of sp³-hybridized carbons (Fsp3) is 0.833. The Balaban J connectivity index is 1.64. The third-order valence-corrected chi connectivity index (χ3v) is 7.35. The van der Waals surface area contributed by atoms with Crippen LogP contribution in [0.5, 0.6) is 0 Å². The molecule has 0 aromatic heterocycles. The van der Waals surface area contributed by atoms with Gasteiger partial charge in [0.15, 0.2) is 0 Å². The smallest absolute Gasteiger partial charge is 0.258 e. The van der Waals surface area contributed by atoms with Crippen LogP contribution in [0.15, 0.2) is 11.8 Å². The van der Waals surface area contributed by atoms with Crippen LogP contribution in [0, 0.1) is 17.8 Å². The molecule has 3 aliphatic rings. The van der Waals surface area contributed by atoms with Crippen LogP contribution in [0.3, 0.4) is 0 Å². The molecule has 1 aliphatic heterocycles. The van der Waals surface area contributed by atoms with Gasteiger partial charge in [-0.05, 0) is 57.7 Å². The standard InChI is InChI=1S/C24H41N3O2/c1-3-26(4-2)16-10-15-25-17-22-20-13-8-9-14-21(20)23(28)27(24(22)29)18-19-11-6-5-7-12-19/h17,19-21,25H,3-16,18H2,1-2H3/b22-17+. The molecule has 2 atom stereocenters. The first kappa shape index (κ1) is 22.3. The van der Waals surface area contributed by atoms with Crippen molar-refractivity contribution in [2.75, 3.05) is 32.7 Å². The Hall–Kier alpha value is -1.36. The molecule has 0 bridgehead atoms. The quantitative estimate of drug-likeness (QED) is 0.360. The Morgan fingerprint density at radius 2 is 1.62 bits per heavy atom. The fourth-order valence-corrected chi connectivity index (χ4v) is 5.51. The van der Waals surface area contributed by atoms with Crippen LogP contribution in [0.4, 0.5) is 0 Å². The Labute approximate surface area is 177 Å². The topological polar surface area (TPSA) is 52.7 Å². The van der Waals surface area contributed by atoms with E-state index in [4.69, 9.17) is 0 Å². The molecule has 164 valence electrons. The third-order valence-electron chi connectivity index (χ3n) is 7.35. The van der Waals surface area contributed by atoms with Crippen LogP contribution >= 0.6 is 0 Å². The maximum absolute atomic E-state index is 13.3. The summed E-state index contributed by atoms with van der Waals surface area (Å²) in [5.41, 5.74) is 0.868. The largest absolute Gasteiger partial charge is 0.390 e. The van der Waals surface area contributed by atoms with Crippen LogP contribution < -0.4 is 5.32 Å². The molecule has 1 saturated heterocycles. The zero-order valence-corrected chi connectivity index (χ0v) is 18.6. The number of amides is 2. The fourth-order valence-electron chi connectivity index (χ4n) is 5.51. The van der Waals surface area contributed by atoms with Crippen molar-refractivity contribution in [1.29, 1.82) is 0 Å². The van der Waals surface area contributed by atoms with Gasteiger partial charge in [-0.2, -0.15) is 0 Å². The van der Waals surface area contributed by atoms with Gasteiger partial charge in [0.25, 0.3) is 5.91 Å². The first-order valence-corrected chi connectivity index (χ1v) is 12.2. The third kappa shape index (κ3) is 5.62. The van der Waals surface area contributed by atoms with Crippen LogP contribution in [0.1, 0.15) is 78.1 Å². The van der Waals surface area contributed by atoms with Crippen LogP contribution in [0.2, 0.25) is 0 Å². The molecule has 1 N–H and O–H groups in total. The second kappa shape index (κ2) is 11.1. The second-order valence-electron chi connectivity index (χ2n) is 9.19. The van der Waals surface area contributed by atoms with Gasteiger partial charge < -0.3 is 10.2 Å². The van der Waals surface area contributed by atoms with E-state index in [1.807, 2.05) is 6.20 Å². The highest BCUT2D eigenvalue weighted by molar-refractivity contribution is 6.08. The predicted molar refractivity (Wildman–Crippen MR) is 117 cm³/mol. The summed E-state index contributed by atoms with van der Waals surface area (Å²) >= 11 is 0. The summed E-state index contributed by atoms with van der Waals surface area (Å²) in [7, 11) is 0. The summed E-state index contributed by atoms with van der Waals surface area (Å²) in [5, 5.41) is 3.41. The highest BCUT2D eigenvalue weighted by atomic mass is 16.2. The summed E-state index contributed by atoms with van der Waals surface area (Å²) in [6, 6.07) is 0. The maximum atomic E-state index is 13.3. The van der Waals surface area contributed by atoms with Gasteiger partial charge in [0.05, 0.1) is 0 Å². The van der Waals surface area contributed by atoms with E-state index in [0.29, 0.717) is 12.5 Å². The summed E-state index contributed by atoms with van der Waals surface area (Å²) in [6.07, 6.45) is 13.3. The van der Waals surface area contributed by atoms with E-state index in [2.05, 4.69) is 24.1 Å². The van der Waals surface area contributed by atoms with Crippen molar-refractivity contribution >= 4 is 11.8 Å². The maximum Gasteiger partial charge on any atom is 0.258 e. The number of likely N-dealkylation sites (tertiary alicyclic amines) is 1. The Morgan fingerprint density at radius 3 is 2.31 bits per heavy atom. The average molecular weight is 404 g/mol. The molecule has 2 amide bonds. The van der Waals surface area contributed by atoms with E-state index in [9.17, 15) is 9.59 Å². The van der Waals surface area contributed by atoms with Gasteiger partial charge >= 0.3 is 0 Å². The van der Waals surface area contributed by atoms with Crippen molar-refractivity contribution in [2.24, 2.45) is 17.8 Å². The summed E-state index contributed by atoms with van der Waals surface area (Å²) in [6.45, 7) is 9.15. The van der Waals surface area contributed by atoms with E-state index in [1.165, 1.54) is 19.3 Å². The van der Waals surface area contributed by atoms with E-state index in [1.54, 1.807) is 4.90 Å². The minimum absolute atomic E-state index is 0.0139. The normalized spacial score (nSPS) is 27.6. The monoisotopic (exact) mass is 403 g/mol. The van der Waals surface area contributed by atoms with Gasteiger partial charge in [0, 0.05) is 36.7 Å². The van der Waals surface area contributed by atoms with Gasteiger partial charge in [0.1, 0.15) is 0 Å². The zero-order valence-electron chi connectivity index (χ0n) is 18.6. The van der Waals surface area contributed by atoms with Crippen molar-refractivity contribution in [1.82, 2.24) is 15.1 Å². The number of imide groups is 1. The van der Waals surface area contributed by atoms with Gasteiger partial charge in [-0.1, -0.05) is 46.0 Å². The van der Waals surface area contributed by atoms with Crippen molar-refractivity contribution in [2.45, 2.75) is 78.1 Å². The molecular formula is C24H41N3O2. The number of fused-ring (bicyclic) bond motifs is 1. The lowest BCUT2D eigenvalue weighted by molar-refractivity contribution is -0.152. The lowest BCUT2D eigenvalue weighted by Gasteiger charge is -2.42. The minimum Gasteiger partial charge on any atom is -0.390 e. The first-order chi connectivity index (χ1) is 14.2. The molecule has 0 aromatic rings. The molecule has 2 saturated carbocycles. The number of carbonyl (C=O) groups excluding carboxylic acids is 2. The van der Waals surface area contributed by atoms with Gasteiger partial charge in [-0.15, -0.1) is 0 Å². The molecule has 2 aliphatic carbocycles. The van der Waals surface area contributed by atoms with Crippen LogP contribution in [0.25, 0.3) is 0 Å². The molecule has 0 aromatic carbocycles.